The van der Waals surface area contributed by atoms with Crippen molar-refractivity contribution in [1.29, 1.82) is 0 Å². The van der Waals surface area contributed by atoms with E-state index in [9.17, 15) is 28.8 Å². The zero-order valence-electron chi connectivity index (χ0n) is 25.9. The van der Waals surface area contributed by atoms with Gasteiger partial charge in [-0.1, -0.05) is 60.3 Å². The van der Waals surface area contributed by atoms with Crippen LogP contribution in [0.5, 0.6) is 0 Å². The molecule has 246 valence electrons. The Hall–Kier alpha value is -4.43. The van der Waals surface area contributed by atoms with Crippen molar-refractivity contribution in [2.45, 2.75) is 76.4 Å². The molecule has 14 heteroatoms. The van der Waals surface area contributed by atoms with Gasteiger partial charge in [0.05, 0.1) is 6.04 Å². The lowest BCUT2D eigenvalue weighted by atomic mass is 9.98. The van der Waals surface area contributed by atoms with Crippen LogP contribution >= 0.6 is 11.8 Å². The van der Waals surface area contributed by atoms with Crippen LogP contribution in [0.3, 0.4) is 0 Å². The summed E-state index contributed by atoms with van der Waals surface area (Å²) in [6.45, 7) is 5.49. The van der Waals surface area contributed by atoms with Crippen LogP contribution in [0, 0.1) is 0 Å². The third kappa shape index (κ3) is 8.43. The van der Waals surface area contributed by atoms with E-state index in [1.165, 1.54) is 6.92 Å². The largest absolute Gasteiger partial charge is 0.463 e. The van der Waals surface area contributed by atoms with Crippen LogP contribution in [0.15, 0.2) is 48.5 Å². The third-order valence-corrected chi connectivity index (χ3v) is 8.41. The number of nitrogens with one attached hydrogen (secondary N) is 1. The molecule has 13 nitrogen and oxygen atoms in total. The number of ether oxygens (including phenoxy) is 6. The minimum atomic E-state index is -1.42. The zero-order valence-corrected chi connectivity index (χ0v) is 26.7. The van der Waals surface area contributed by atoms with E-state index >= 15 is 0 Å². The van der Waals surface area contributed by atoms with Crippen molar-refractivity contribution >= 4 is 46.8 Å². The lowest BCUT2D eigenvalue weighted by molar-refractivity contribution is -0.237. The highest BCUT2D eigenvalue weighted by atomic mass is 32.2. The minimum Gasteiger partial charge on any atom is -0.463 e. The van der Waals surface area contributed by atoms with E-state index < -0.39 is 77.6 Å². The molecule has 0 aromatic heterocycles. The maximum Gasteiger partial charge on any atom is 0.407 e. The average Bonchev–Trinajstić information content (AvgIpc) is 3.31. The maximum absolute atomic E-state index is 13.3. The molecule has 0 saturated carbocycles. The van der Waals surface area contributed by atoms with Gasteiger partial charge in [0.25, 0.3) is 0 Å². The number of hydrogen-bond acceptors (Lipinski definition) is 13. The molecule has 4 rings (SSSR count). The Balaban J connectivity index is 1.46. The Morgan fingerprint density at radius 1 is 0.717 bits per heavy atom. The summed E-state index contributed by atoms with van der Waals surface area (Å²) in [5.41, 5.74) is 2.87. The van der Waals surface area contributed by atoms with E-state index in [4.69, 9.17) is 28.4 Å². The highest BCUT2D eigenvalue weighted by molar-refractivity contribution is 8.14. The molecule has 1 saturated heterocycles. The van der Waals surface area contributed by atoms with Crippen LogP contribution in [0.1, 0.15) is 51.7 Å². The summed E-state index contributed by atoms with van der Waals surface area (Å²) in [5.74, 6) is -3.22. The molecule has 0 radical (unpaired) electrons. The lowest BCUT2D eigenvalue weighted by Crippen LogP contribution is -2.62. The minimum absolute atomic E-state index is 0.0353. The van der Waals surface area contributed by atoms with Crippen molar-refractivity contribution in [2.24, 2.45) is 0 Å². The van der Waals surface area contributed by atoms with Crippen LogP contribution in [-0.4, -0.2) is 84.2 Å². The number of benzene rings is 2. The average molecular weight is 658 g/mol. The number of carbonyl (C=O) groups is 6. The number of thioether (sulfide) groups is 1. The van der Waals surface area contributed by atoms with Crippen molar-refractivity contribution in [1.82, 2.24) is 5.32 Å². The molecule has 2 aliphatic rings. The van der Waals surface area contributed by atoms with E-state index in [2.05, 4.69) is 5.32 Å². The summed E-state index contributed by atoms with van der Waals surface area (Å²) in [4.78, 5) is 73.7. The van der Waals surface area contributed by atoms with Crippen molar-refractivity contribution in [2.75, 3.05) is 13.2 Å². The quantitative estimate of drug-likeness (QED) is 0.292. The summed E-state index contributed by atoms with van der Waals surface area (Å²) >= 11 is 0.554. The van der Waals surface area contributed by atoms with Gasteiger partial charge in [0.15, 0.2) is 23.7 Å². The number of amides is 1. The van der Waals surface area contributed by atoms with Crippen LogP contribution in [-0.2, 0) is 52.4 Å². The zero-order chi connectivity index (χ0) is 33.5. The van der Waals surface area contributed by atoms with Crippen LogP contribution in [0.25, 0.3) is 11.1 Å². The summed E-state index contributed by atoms with van der Waals surface area (Å²) in [6.07, 6.45) is -6.23. The molecule has 1 fully saturated rings. The molecular formula is C32H35NO12S. The highest BCUT2D eigenvalue weighted by Gasteiger charge is 2.53. The first-order chi connectivity index (χ1) is 21.8. The van der Waals surface area contributed by atoms with Crippen LogP contribution in [0.4, 0.5) is 4.79 Å². The molecule has 1 heterocycles. The Morgan fingerprint density at radius 2 is 1.24 bits per heavy atom. The molecule has 1 aliphatic heterocycles. The summed E-state index contributed by atoms with van der Waals surface area (Å²) in [5, 5.41) is 1.89. The Morgan fingerprint density at radius 3 is 1.78 bits per heavy atom. The topological polar surface area (TPSA) is 170 Å². The van der Waals surface area contributed by atoms with Gasteiger partial charge >= 0.3 is 30.0 Å². The fraction of sp³-hybridized carbons (Fsp3) is 0.438. The molecule has 1 amide bonds. The third-order valence-electron chi connectivity index (χ3n) is 7.21. The van der Waals surface area contributed by atoms with Gasteiger partial charge < -0.3 is 33.7 Å². The van der Waals surface area contributed by atoms with Gasteiger partial charge in [-0.2, -0.15) is 0 Å². The number of esters is 4. The van der Waals surface area contributed by atoms with Crippen molar-refractivity contribution in [3.05, 3.63) is 59.7 Å². The number of rotatable bonds is 10. The molecule has 0 bridgehead atoms. The lowest BCUT2D eigenvalue weighted by Gasteiger charge is -2.44. The molecule has 0 spiro atoms. The number of alkyl carbamates (subject to hydrolysis) is 1. The smallest absolute Gasteiger partial charge is 0.407 e. The predicted octanol–water partition coefficient (Wildman–Crippen LogP) is 3.26. The standard InChI is InChI=1S/C32H35NO12S/c1-16(33-32(39)41-14-25-23-12-8-6-10-21(23)22-11-7-9-13-24(22)25)30(38)46-31-29(44-20(5)37)28(43-19(4)36)27(42-18(3)35)26(45-31)15-40-17(2)34/h6-13,16,25-29,31H,14-15H2,1-5H3,(H,33,39)/t16?,26-,27-,28+,29+,31-/m1/s1. The number of fused-ring (bicyclic) bond motifs is 3. The summed E-state index contributed by atoms with van der Waals surface area (Å²) in [6, 6.07) is 14.6. The van der Waals surface area contributed by atoms with Gasteiger partial charge in [-0.15, -0.1) is 0 Å². The number of hydrogen-bond donors (Lipinski definition) is 1. The first-order valence-electron chi connectivity index (χ1n) is 14.5. The fourth-order valence-corrected chi connectivity index (χ4v) is 6.41. The molecular weight excluding hydrogens is 622 g/mol. The first-order valence-corrected chi connectivity index (χ1v) is 15.4. The van der Waals surface area contributed by atoms with Gasteiger partial charge in [0.1, 0.15) is 19.3 Å². The molecule has 1 aliphatic carbocycles. The molecule has 2 aromatic rings. The van der Waals surface area contributed by atoms with Crippen LogP contribution in [0.2, 0.25) is 0 Å². The van der Waals surface area contributed by atoms with Gasteiger partial charge in [0.2, 0.25) is 5.12 Å². The molecule has 6 atom stereocenters. The molecule has 1 unspecified atom stereocenters. The van der Waals surface area contributed by atoms with Gasteiger partial charge in [-0.25, -0.2) is 4.79 Å². The molecule has 1 N–H and O–H groups in total. The van der Waals surface area contributed by atoms with Crippen LogP contribution < -0.4 is 5.32 Å². The van der Waals surface area contributed by atoms with E-state index in [0.717, 1.165) is 49.9 Å². The van der Waals surface area contributed by atoms with E-state index in [1.807, 2.05) is 48.5 Å². The second-order valence-corrected chi connectivity index (χ2v) is 11.8. The Bertz CT molecular complexity index is 1450. The Labute approximate surface area is 269 Å². The monoisotopic (exact) mass is 657 g/mol. The molecule has 2 aromatic carbocycles. The maximum atomic E-state index is 13.3. The van der Waals surface area contributed by atoms with Gasteiger partial charge in [-0.3, -0.25) is 24.0 Å². The van der Waals surface area contributed by atoms with E-state index in [0.29, 0.717) is 11.8 Å². The van der Waals surface area contributed by atoms with Crippen molar-refractivity contribution in [3.8, 4) is 11.1 Å². The summed E-state index contributed by atoms with van der Waals surface area (Å²) < 4.78 is 32.7. The SMILES string of the molecule is CC(=O)OC[C@H]1O[C@H](SC(=O)C(C)NC(=O)OCC2c3ccccc3-c3ccccc32)[C@@H](OC(C)=O)[C@@H](OC(C)=O)[C@@H]1OC(C)=O. The van der Waals surface area contributed by atoms with Gasteiger partial charge in [0, 0.05) is 33.6 Å². The molecule has 46 heavy (non-hydrogen) atoms. The first kappa shape index (κ1) is 34.4. The van der Waals surface area contributed by atoms with Gasteiger partial charge in [-0.05, 0) is 29.2 Å². The summed E-state index contributed by atoms with van der Waals surface area (Å²) in [7, 11) is 0. The number of carbonyl (C=O) groups excluding carboxylic acids is 6. The normalized spacial score (nSPS) is 22.3. The van der Waals surface area contributed by atoms with E-state index in [1.54, 1.807) is 0 Å². The Kier molecular flexibility index (Phi) is 11.4. The van der Waals surface area contributed by atoms with Crippen molar-refractivity contribution < 1.29 is 57.2 Å². The fourth-order valence-electron chi connectivity index (χ4n) is 5.38. The van der Waals surface area contributed by atoms with E-state index in [-0.39, 0.29) is 12.5 Å². The predicted molar refractivity (Wildman–Crippen MR) is 162 cm³/mol. The van der Waals surface area contributed by atoms with Crippen molar-refractivity contribution in [3.63, 3.8) is 0 Å². The second kappa shape index (κ2) is 15.2. The second-order valence-electron chi connectivity index (χ2n) is 10.7. The highest BCUT2D eigenvalue weighted by Crippen LogP contribution is 2.44.